The van der Waals surface area contributed by atoms with Crippen LogP contribution in [0.3, 0.4) is 0 Å². The molecule has 29 heavy (non-hydrogen) atoms. The predicted octanol–water partition coefficient (Wildman–Crippen LogP) is 3.85. The first-order valence-electron chi connectivity index (χ1n) is 8.42. The number of amides is 1. The summed E-state index contributed by atoms with van der Waals surface area (Å²) in [6, 6.07) is 4.06. The lowest BCUT2D eigenvalue weighted by molar-refractivity contribution is -0.137. The molecule has 0 saturated carbocycles. The molecule has 0 atom stereocenters. The highest BCUT2D eigenvalue weighted by Gasteiger charge is 2.31. The van der Waals surface area contributed by atoms with E-state index < -0.39 is 21.8 Å². The lowest BCUT2D eigenvalue weighted by Crippen LogP contribution is -2.31. The first kappa shape index (κ1) is 23.4. The summed E-state index contributed by atoms with van der Waals surface area (Å²) < 4.78 is 64.4. The van der Waals surface area contributed by atoms with Gasteiger partial charge >= 0.3 is 6.18 Å². The van der Waals surface area contributed by atoms with Crippen LogP contribution < -0.4 is 9.62 Å². The zero-order chi connectivity index (χ0) is 21.7. The van der Waals surface area contributed by atoms with Gasteiger partial charge < -0.3 is 5.32 Å². The van der Waals surface area contributed by atoms with Gasteiger partial charge in [0.2, 0.25) is 21.1 Å². The number of hydrogen-bond acceptors (Lipinski definition) is 7. The number of alkyl halides is 3. The third kappa shape index (κ3) is 7.16. The molecule has 160 valence electrons. The van der Waals surface area contributed by atoms with Gasteiger partial charge in [-0.3, -0.25) is 9.10 Å². The normalized spacial score (nSPS) is 12.0. The Hall–Kier alpha value is -1.86. The Bertz CT molecular complexity index is 948. The summed E-state index contributed by atoms with van der Waals surface area (Å²) in [5.74, 6) is 0.436. The van der Waals surface area contributed by atoms with E-state index in [-0.39, 0.29) is 31.0 Å². The molecule has 0 aliphatic carbocycles. The van der Waals surface area contributed by atoms with Crippen molar-refractivity contribution in [1.82, 2.24) is 10.2 Å². The number of nitrogens with zero attached hydrogens (tertiary/aromatic N) is 3. The smallest absolute Gasteiger partial charge is 0.301 e. The average Bonchev–Trinajstić information content (AvgIpc) is 3.04. The fourth-order valence-corrected chi connectivity index (χ4v) is 4.95. The number of sulfonamides is 1. The topological polar surface area (TPSA) is 92.3 Å². The summed E-state index contributed by atoms with van der Waals surface area (Å²) in [6.07, 6.45) is -3.59. The Morgan fingerprint density at radius 2 is 2.03 bits per heavy atom. The Morgan fingerprint density at radius 1 is 1.31 bits per heavy atom. The average molecular weight is 469 g/mol. The molecule has 0 aliphatic heterocycles. The number of thioether (sulfide) groups is 1. The van der Waals surface area contributed by atoms with E-state index in [1.54, 1.807) is 0 Å². The van der Waals surface area contributed by atoms with Gasteiger partial charge in [0.15, 0.2) is 4.34 Å². The number of nitrogens with one attached hydrogen (secondary N) is 1. The summed E-state index contributed by atoms with van der Waals surface area (Å²) in [7, 11) is -3.83. The van der Waals surface area contributed by atoms with Crippen LogP contribution in [-0.4, -0.2) is 43.1 Å². The molecule has 0 saturated heterocycles. The SMILES string of the molecule is CCSc1nnc(NC(=O)CCCN(c2cccc(C(F)(F)F)c2)S(C)(=O)=O)s1. The van der Waals surface area contributed by atoms with E-state index in [2.05, 4.69) is 15.5 Å². The molecule has 2 rings (SSSR count). The van der Waals surface area contributed by atoms with Crippen LogP contribution in [0.15, 0.2) is 28.6 Å². The third-order valence-electron chi connectivity index (χ3n) is 3.55. The molecule has 0 aliphatic rings. The van der Waals surface area contributed by atoms with Crippen molar-refractivity contribution in [2.24, 2.45) is 0 Å². The second kappa shape index (κ2) is 9.76. The Labute approximate surface area is 174 Å². The molecule has 0 bridgehead atoms. The van der Waals surface area contributed by atoms with Crippen LogP contribution >= 0.6 is 23.1 Å². The van der Waals surface area contributed by atoms with Crippen LogP contribution in [0.25, 0.3) is 0 Å². The standard InChI is InChI=1S/C16H19F3N4O3S3/c1-3-27-15-22-21-14(28-15)20-13(24)8-5-9-23(29(2,25)26)12-7-4-6-11(10-12)16(17,18)19/h4,6-7,10H,3,5,8-9H2,1-2H3,(H,20,21,24). The number of rotatable bonds is 9. The van der Waals surface area contributed by atoms with Crippen LogP contribution in [0.2, 0.25) is 0 Å². The maximum atomic E-state index is 12.9. The highest BCUT2D eigenvalue weighted by Crippen LogP contribution is 2.32. The van der Waals surface area contributed by atoms with Gasteiger partial charge in [-0.05, 0) is 30.4 Å². The Kier molecular flexibility index (Phi) is 7.88. The highest BCUT2D eigenvalue weighted by atomic mass is 32.2. The zero-order valence-corrected chi connectivity index (χ0v) is 18.0. The third-order valence-corrected chi connectivity index (χ3v) is 6.60. The van der Waals surface area contributed by atoms with Crippen LogP contribution in [0.5, 0.6) is 0 Å². The van der Waals surface area contributed by atoms with Gasteiger partial charge in [-0.1, -0.05) is 36.1 Å². The van der Waals surface area contributed by atoms with E-state index in [0.29, 0.717) is 5.13 Å². The van der Waals surface area contributed by atoms with E-state index in [0.717, 1.165) is 38.9 Å². The quantitative estimate of drug-likeness (QED) is 0.444. The number of anilines is 2. The monoisotopic (exact) mass is 468 g/mol. The molecule has 1 aromatic carbocycles. The molecule has 1 amide bonds. The molecule has 0 fully saturated rings. The summed E-state index contributed by atoms with van der Waals surface area (Å²) >= 11 is 2.71. The van der Waals surface area contributed by atoms with Crippen LogP contribution in [0, 0.1) is 0 Å². The van der Waals surface area contributed by atoms with Crippen molar-refractivity contribution in [2.45, 2.75) is 30.3 Å². The van der Waals surface area contributed by atoms with Crippen LogP contribution in [0.4, 0.5) is 24.0 Å². The van der Waals surface area contributed by atoms with Crippen molar-refractivity contribution in [1.29, 1.82) is 0 Å². The van der Waals surface area contributed by atoms with Crippen molar-refractivity contribution < 1.29 is 26.4 Å². The molecular weight excluding hydrogens is 449 g/mol. The molecule has 0 radical (unpaired) electrons. The first-order chi connectivity index (χ1) is 13.5. The lowest BCUT2D eigenvalue weighted by Gasteiger charge is -2.23. The lowest BCUT2D eigenvalue weighted by atomic mass is 10.2. The van der Waals surface area contributed by atoms with Crippen LogP contribution in [-0.2, 0) is 21.0 Å². The number of aromatic nitrogens is 2. The van der Waals surface area contributed by atoms with Gasteiger partial charge in [-0.25, -0.2) is 8.42 Å². The molecule has 1 N–H and O–H groups in total. The first-order valence-corrected chi connectivity index (χ1v) is 12.1. The number of hydrogen-bond donors (Lipinski definition) is 1. The van der Waals surface area contributed by atoms with E-state index >= 15 is 0 Å². The van der Waals surface area contributed by atoms with E-state index in [1.807, 2.05) is 6.92 Å². The van der Waals surface area contributed by atoms with Crippen LogP contribution in [0.1, 0.15) is 25.3 Å². The van der Waals surface area contributed by atoms with Crippen molar-refractivity contribution in [3.63, 3.8) is 0 Å². The molecule has 13 heteroatoms. The minimum atomic E-state index is -4.59. The molecule has 7 nitrogen and oxygen atoms in total. The van der Waals surface area contributed by atoms with E-state index in [4.69, 9.17) is 0 Å². The second-order valence-electron chi connectivity index (χ2n) is 5.84. The zero-order valence-electron chi connectivity index (χ0n) is 15.6. The van der Waals surface area contributed by atoms with Gasteiger partial charge in [-0.2, -0.15) is 13.2 Å². The molecule has 1 heterocycles. The molecule has 0 unspecified atom stereocenters. The Balaban J connectivity index is 2.00. The minimum Gasteiger partial charge on any atom is -0.301 e. The van der Waals surface area contributed by atoms with Crippen molar-refractivity contribution in [2.75, 3.05) is 28.2 Å². The molecule has 2 aromatic rings. The summed E-state index contributed by atoms with van der Waals surface area (Å²) in [4.78, 5) is 12.0. The van der Waals surface area contributed by atoms with Crippen molar-refractivity contribution >= 4 is 49.8 Å². The van der Waals surface area contributed by atoms with Crippen molar-refractivity contribution in [3.05, 3.63) is 29.8 Å². The number of halogens is 3. The fourth-order valence-electron chi connectivity index (χ4n) is 2.33. The van der Waals surface area contributed by atoms with Crippen molar-refractivity contribution in [3.8, 4) is 0 Å². The number of carbonyl (C=O) groups excluding carboxylic acids is 1. The van der Waals surface area contributed by atoms with E-state index in [1.165, 1.54) is 29.2 Å². The van der Waals surface area contributed by atoms with Gasteiger partial charge in [0.1, 0.15) is 0 Å². The maximum absolute atomic E-state index is 12.9. The summed E-state index contributed by atoms with van der Waals surface area (Å²) in [5, 5.41) is 10.7. The maximum Gasteiger partial charge on any atom is 0.416 e. The minimum absolute atomic E-state index is 0.0270. The van der Waals surface area contributed by atoms with Gasteiger partial charge in [0.25, 0.3) is 0 Å². The Morgan fingerprint density at radius 3 is 2.66 bits per heavy atom. The largest absolute Gasteiger partial charge is 0.416 e. The van der Waals surface area contributed by atoms with Gasteiger partial charge in [0, 0.05) is 13.0 Å². The van der Waals surface area contributed by atoms with Gasteiger partial charge in [0.05, 0.1) is 17.5 Å². The molecular formula is C16H19F3N4O3S3. The fraction of sp³-hybridized carbons (Fsp3) is 0.438. The highest BCUT2D eigenvalue weighted by molar-refractivity contribution is 8.01. The number of benzene rings is 1. The summed E-state index contributed by atoms with van der Waals surface area (Å²) in [5.41, 5.74) is -1.05. The summed E-state index contributed by atoms with van der Waals surface area (Å²) in [6.45, 7) is 1.82. The predicted molar refractivity (Wildman–Crippen MR) is 108 cm³/mol. The molecule has 0 spiro atoms. The molecule has 1 aromatic heterocycles. The second-order valence-corrected chi connectivity index (χ2v) is 10.2. The van der Waals surface area contributed by atoms with E-state index in [9.17, 15) is 26.4 Å². The van der Waals surface area contributed by atoms with Gasteiger partial charge in [-0.15, -0.1) is 10.2 Å². The number of carbonyl (C=O) groups is 1.